The Morgan fingerprint density at radius 2 is 2.08 bits per heavy atom. The summed E-state index contributed by atoms with van der Waals surface area (Å²) >= 11 is 0. The lowest BCUT2D eigenvalue weighted by atomic mass is 9.97. The van der Waals surface area contributed by atoms with Crippen molar-refractivity contribution in [3.05, 3.63) is 0 Å². The average Bonchev–Trinajstić information content (AvgIpc) is 1.98. The summed E-state index contributed by atoms with van der Waals surface area (Å²) in [5, 5.41) is 17.9. The zero-order chi connectivity index (χ0) is 9.56. The van der Waals surface area contributed by atoms with Crippen LogP contribution in [0.1, 0.15) is 39.5 Å². The van der Waals surface area contributed by atoms with E-state index in [1.807, 2.05) is 0 Å². The average molecular weight is 174 g/mol. The summed E-state index contributed by atoms with van der Waals surface area (Å²) in [5.74, 6) is -0.966. The van der Waals surface area contributed by atoms with Gasteiger partial charge in [0.25, 0.3) is 0 Å². The molecule has 12 heavy (non-hydrogen) atoms. The lowest BCUT2D eigenvalue weighted by molar-refractivity contribution is -0.139. The number of rotatable bonds is 6. The van der Waals surface area contributed by atoms with Crippen LogP contribution in [0, 0.1) is 5.92 Å². The Morgan fingerprint density at radius 3 is 2.50 bits per heavy atom. The molecule has 3 heteroatoms. The molecule has 0 heterocycles. The first-order valence-electron chi connectivity index (χ1n) is 4.47. The van der Waals surface area contributed by atoms with E-state index in [-0.39, 0.29) is 12.3 Å². The molecule has 0 aliphatic carbocycles. The normalized spacial score (nSPS) is 15.6. The van der Waals surface area contributed by atoms with Gasteiger partial charge in [0.1, 0.15) is 0 Å². The van der Waals surface area contributed by atoms with Gasteiger partial charge in [-0.3, -0.25) is 4.79 Å². The van der Waals surface area contributed by atoms with E-state index < -0.39 is 12.1 Å². The van der Waals surface area contributed by atoms with Crippen LogP contribution in [0.5, 0.6) is 0 Å². The predicted molar refractivity (Wildman–Crippen MR) is 46.9 cm³/mol. The highest BCUT2D eigenvalue weighted by molar-refractivity contribution is 5.67. The van der Waals surface area contributed by atoms with Gasteiger partial charge in [0.15, 0.2) is 0 Å². The third-order valence-corrected chi connectivity index (χ3v) is 2.01. The van der Waals surface area contributed by atoms with Gasteiger partial charge in [-0.1, -0.05) is 26.7 Å². The minimum absolute atomic E-state index is 0.0604. The number of aliphatic carboxylic acids is 1. The Labute approximate surface area is 73.4 Å². The van der Waals surface area contributed by atoms with Crippen molar-refractivity contribution < 1.29 is 15.0 Å². The van der Waals surface area contributed by atoms with Gasteiger partial charge in [0, 0.05) is 0 Å². The van der Waals surface area contributed by atoms with Crippen LogP contribution >= 0.6 is 0 Å². The maximum absolute atomic E-state index is 10.3. The van der Waals surface area contributed by atoms with Crippen LogP contribution in [0.3, 0.4) is 0 Å². The Morgan fingerprint density at radius 1 is 1.50 bits per heavy atom. The van der Waals surface area contributed by atoms with Crippen LogP contribution in [-0.2, 0) is 4.79 Å². The van der Waals surface area contributed by atoms with E-state index in [2.05, 4.69) is 6.92 Å². The molecule has 2 unspecified atom stereocenters. The van der Waals surface area contributed by atoms with E-state index in [0.717, 1.165) is 12.8 Å². The molecule has 0 saturated heterocycles. The first-order chi connectivity index (χ1) is 5.57. The third-order valence-electron chi connectivity index (χ3n) is 2.01. The van der Waals surface area contributed by atoms with E-state index >= 15 is 0 Å². The van der Waals surface area contributed by atoms with Crippen molar-refractivity contribution in [1.82, 2.24) is 0 Å². The largest absolute Gasteiger partial charge is 0.481 e. The highest BCUT2D eigenvalue weighted by atomic mass is 16.4. The number of carbonyl (C=O) groups is 1. The zero-order valence-corrected chi connectivity index (χ0v) is 7.79. The van der Waals surface area contributed by atoms with Gasteiger partial charge in [-0.25, -0.2) is 0 Å². The summed E-state index contributed by atoms with van der Waals surface area (Å²) in [6, 6.07) is 0. The first kappa shape index (κ1) is 11.4. The maximum Gasteiger partial charge on any atom is 0.303 e. The van der Waals surface area contributed by atoms with E-state index in [1.54, 1.807) is 6.92 Å². The molecule has 0 fully saturated rings. The predicted octanol–water partition coefficient (Wildman–Crippen LogP) is 1.65. The van der Waals surface area contributed by atoms with Crippen molar-refractivity contribution in [2.24, 2.45) is 5.92 Å². The van der Waals surface area contributed by atoms with Crippen molar-refractivity contribution in [3.8, 4) is 0 Å². The summed E-state index contributed by atoms with van der Waals surface area (Å²) in [6.07, 6.45) is 2.32. The highest BCUT2D eigenvalue weighted by Crippen LogP contribution is 2.13. The van der Waals surface area contributed by atoms with Crippen LogP contribution < -0.4 is 0 Å². The number of hydrogen-bond donors (Lipinski definition) is 2. The molecule has 72 valence electrons. The summed E-state index contributed by atoms with van der Waals surface area (Å²) in [5.41, 5.74) is 0. The molecule has 2 atom stereocenters. The number of carboxylic acids is 1. The van der Waals surface area contributed by atoms with Crippen molar-refractivity contribution in [2.75, 3.05) is 0 Å². The van der Waals surface area contributed by atoms with Gasteiger partial charge >= 0.3 is 5.97 Å². The van der Waals surface area contributed by atoms with Crippen LogP contribution in [-0.4, -0.2) is 22.3 Å². The van der Waals surface area contributed by atoms with Gasteiger partial charge in [-0.15, -0.1) is 0 Å². The molecule has 0 aromatic rings. The van der Waals surface area contributed by atoms with Gasteiger partial charge in [-0.2, -0.15) is 0 Å². The fourth-order valence-corrected chi connectivity index (χ4v) is 1.11. The lowest BCUT2D eigenvalue weighted by Crippen LogP contribution is -2.20. The number of carboxylic acid groups (broad SMARTS) is 1. The van der Waals surface area contributed by atoms with E-state index in [1.165, 1.54) is 0 Å². The quantitative estimate of drug-likeness (QED) is 0.643. The Kier molecular flexibility index (Phi) is 5.72. The molecule has 2 N–H and O–H groups in total. The van der Waals surface area contributed by atoms with Gasteiger partial charge in [0.05, 0.1) is 12.5 Å². The fourth-order valence-electron chi connectivity index (χ4n) is 1.11. The van der Waals surface area contributed by atoms with Crippen molar-refractivity contribution in [2.45, 2.75) is 45.6 Å². The van der Waals surface area contributed by atoms with Crippen LogP contribution in [0.15, 0.2) is 0 Å². The monoisotopic (exact) mass is 174 g/mol. The van der Waals surface area contributed by atoms with Gasteiger partial charge < -0.3 is 10.2 Å². The fraction of sp³-hybridized carbons (Fsp3) is 0.889. The molecule has 0 saturated carbocycles. The smallest absolute Gasteiger partial charge is 0.303 e. The SMILES string of the molecule is CCCCC(O)C(C)CC(=O)O. The number of aliphatic hydroxyl groups excluding tert-OH is 1. The van der Waals surface area contributed by atoms with E-state index in [0.29, 0.717) is 6.42 Å². The first-order valence-corrected chi connectivity index (χ1v) is 4.47. The molecule has 0 aromatic carbocycles. The molecule has 0 amide bonds. The molecular formula is C9H18O3. The summed E-state index contributed by atoms with van der Waals surface area (Å²) in [7, 11) is 0. The summed E-state index contributed by atoms with van der Waals surface area (Å²) in [6.45, 7) is 3.82. The molecular weight excluding hydrogens is 156 g/mol. The molecule has 0 rings (SSSR count). The number of aliphatic hydroxyl groups is 1. The maximum atomic E-state index is 10.3. The molecule has 0 radical (unpaired) electrons. The third kappa shape index (κ3) is 5.13. The summed E-state index contributed by atoms with van der Waals surface area (Å²) < 4.78 is 0. The second kappa shape index (κ2) is 6.00. The standard InChI is InChI=1S/C9H18O3/c1-3-4-5-8(10)7(2)6-9(11)12/h7-8,10H,3-6H2,1-2H3,(H,11,12). The van der Waals surface area contributed by atoms with Crippen LogP contribution in [0.2, 0.25) is 0 Å². The van der Waals surface area contributed by atoms with Crippen molar-refractivity contribution in [1.29, 1.82) is 0 Å². The molecule has 0 aromatic heterocycles. The van der Waals surface area contributed by atoms with Gasteiger partial charge in [-0.05, 0) is 12.3 Å². The minimum atomic E-state index is -0.835. The van der Waals surface area contributed by atoms with Crippen LogP contribution in [0.4, 0.5) is 0 Å². The summed E-state index contributed by atoms with van der Waals surface area (Å²) in [4.78, 5) is 10.3. The van der Waals surface area contributed by atoms with Gasteiger partial charge in [0.2, 0.25) is 0 Å². The second-order valence-electron chi connectivity index (χ2n) is 3.28. The molecule has 0 spiro atoms. The lowest BCUT2D eigenvalue weighted by Gasteiger charge is -2.16. The molecule has 3 nitrogen and oxygen atoms in total. The highest BCUT2D eigenvalue weighted by Gasteiger charge is 2.16. The number of unbranched alkanes of at least 4 members (excludes halogenated alkanes) is 1. The van der Waals surface area contributed by atoms with E-state index in [4.69, 9.17) is 5.11 Å². The Balaban J connectivity index is 3.60. The Hall–Kier alpha value is -0.570. The van der Waals surface area contributed by atoms with Crippen LogP contribution in [0.25, 0.3) is 0 Å². The van der Waals surface area contributed by atoms with Crippen molar-refractivity contribution in [3.63, 3.8) is 0 Å². The van der Waals surface area contributed by atoms with Crippen molar-refractivity contribution >= 4 is 5.97 Å². The zero-order valence-electron chi connectivity index (χ0n) is 7.79. The second-order valence-corrected chi connectivity index (χ2v) is 3.28. The topological polar surface area (TPSA) is 57.5 Å². The minimum Gasteiger partial charge on any atom is -0.481 e. The molecule has 0 aliphatic heterocycles. The molecule has 0 bridgehead atoms. The van der Waals surface area contributed by atoms with E-state index in [9.17, 15) is 9.90 Å². The molecule has 0 aliphatic rings. The Bertz CT molecular complexity index is 134. The number of hydrogen-bond acceptors (Lipinski definition) is 2.